The predicted octanol–water partition coefficient (Wildman–Crippen LogP) is 2.37. The quantitative estimate of drug-likeness (QED) is 0.907. The van der Waals surface area contributed by atoms with Gasteiger partial charge in [0.1, 0.15) is 0 Å². The zero-order chi connectivity index (χ0) is 15.1. The molecule has 4 bridgehead atoms. The molecule has 1 N–H and O–H groups in total. The summed E-state index contributed by atoms with van der Waals surface area (Å²) in [5.41, 5.74) is 1.23. The molecule has 120 valence electrons. The third-order valence-corrected chi connectivity index (χ3v) is 5.85. The summed E-state index contributed by atoms with van der Waals surface area (Å²) in [5.74, 6) is 2.09. The molecule has 5 heteroatoms. The SMILES string of the molecule is O=C(O)CCn1cc(CN2CC3C[C@@H]4CC2C[C@H](C3)C4)cn1. The predicted molar refractivity (Wildman–Crippen MR) is 82.2 cm³/mol. The maximum Gasteiger partial charge on any atom is 0.305 e. The van der Waals surface area contributed by atoms with Crippen LogP contribution in [0.5, 0.6) is 0 Å². The van der Waals surface area contributed by atoms with Crippen LogP contribution in [0, 0.1) is 17.8 Å². The molecule has 0 spiro atoms. The Morgan fingerprint density at radius 2 is 1.91 bits per heavy atom. The van der Waals surface area contributed by atoms with Gasteiger partial charge in [-0.25, -0.2) is 0 Å². The van der Waals surface area contributed by atoms with Gasteiger partial charge in [-0.1, -0.05) is 0 Å². The van der Waals surface area contributed by atoms with E-state index in [-0.39, 0.29) is 6.42 Å². The van der Waals surface area contributed by atoms with Crippen molar-refractivity contribution in [3.63, 3.8) is 0 Å². The van der Waals surface area contributed by atoms with E-state index in [1.165, 1.54) is 44.2 Å². The number of aliphatic carboxylic acids is 1. The average molecular weight is 303 g/mol. The number of aromatic nitrogens is 2. The van der Waals surface area contributed by atoms with Crippen molar-refractivity contribution in [1.29, 1.82) is 0 Å². The second-order valence-electron chi connectivity index (χ2n) is 7.62. The Balaban J connectivity index is 1.41. The second-order valence-corrected chi connectivity index (χ2v) is 7.62. The monoisotopic (exact) mass is 303 g/mol. The lowest BCUT2D eigenvalue weighted by Crippen LogP contribution is -2.37. The summed E-state index contributed by atoms with van der Waals surface area (Å²) < 4.78 is 1.77. The van der Waals surface area contributed by atoms with Crippen molar-refractivity contribution < 1.29 is 9.90 Å². The van der Waals surface area contributed by atoms with Crippen LogP contribution in [0.2, 0.25) is 0 Å². The van der Waals surface area contributed by atoms with Gasteiger partial charge in [-0.15, -0.1) is 0 Å². The first-order valence-electron chi connectivity index (χ1n) is 8.63. The molecule has 1 aromatic heterocycles. The Hall–Kier alpha value is -1.36. The van der Waals surface area contributed by atoms with E-state index in [0.29, 0.717) is 6.54 Å². The minimum absolute atomic E-state index is 0.138. The third kappa shape index (κ3) is 2.91. The van der Waals surface area contributed by atoms with Gasteiger partial charge in [-0.2, -0.15) is 5.10 Å². The molecule has 4 aliphatic rings. The number of carboxylic acid groups (broad SMARTS) is 1. The van der Waals surface area contributed by atoms with Crippen LogP contribution in [0.1, 0.15) is 44.1 Å². The molecule has 2 unspecified atom stereocenters. The van der Waals surface area contributed by atoms with E-state index in [9.17, 15) is 4.79 Å². The molecule has 4 fully saturated rings. The molecule has 5 nitrogen and oxygen atoms in total. The molecule has 2 saturated carbocycles. The van der Waals surface area contributed by atoms with E-state index in [2.05, 4.69) is 10.00 Å². The van der Waals surface area contributed by atoms with Crippen LogP contribution in [0.4, 0.5) is 0 Å². The fourth-order valence-electron chi connectivity index (χ4n) is 5.13. The van der Waals surface area contributed by atoms with Crippen LogP contribution in [0.3, 0.4) is 0 Å². The van der Waals surface area contributed by atoms with Crippen LogP contribution >= 0.6 is 0 Å². The van der Waals surface area contributed by atoms with E-state index >= 15 is 0 Å². The highest BCUT2D eigenvalue weighted by Gasteiger charge is 2.42. The fourth-order valence-corrected chi connectivity index (χ4v) is 5.13. The Labute approximate surface area is 131 Å². The van der Waals surface area contributed by atoms with Crippen LogP contribution in [0.25, 0.3) is 0 Å². The van der Waals surface area contributed by atoms with Crippen LogP contribution in [-0.4, -0.2) is 38.3 Å². The fraction of sp³-hybridized carbons (Fsp3) is 0.765. The van der Waals surface area contributed by atoms with Gasteiger partial charge in [0.05, 0.1) is 19.2 Å². The summed E-state index contributed by atoms with van der Waals surface area (Å²) in [4.78, 5) is 13.3. The van der Waals surface area contributed by atoms with Crippen LogP contribution in [-0.2, 0) is 17.9 Å². The molecule has 5 rings (SSSR count). The highest BCUT2D eigenvalue weighted by atomic mass is 16.4. The lowest BCUT2D eigenvalue weighted by molar-refractivity contribution is -0.137. The summed E-state index contributed by atoms with van der Waals surface area (Å²) in [7, 11) is 0. The molecule has 0 aromatic carbocycles. The largest absolute Gasteiger partial charge is 0.481 e. The number of carboxylic acids is 1. The number of fused-ring (bicyclic) bond motifs is 1. The Morgan fingerprint density at radius 3 is 2.64 bits per heavy atom. The minimum Gasteiger partial charge on any atom is -0.481 e. The normalized spacial score (nSPS) is 34.0. The van der Waals surface area contributed by atoms with E-state index in [0.717, 1.165) is 30.3 Å². The third-order valence-electron chi connectivity index (χ3n) is 5.85. The number of nitrogens with zero attached hydrogens (tertiary/aromatic N) is 3. The lowest BCUT2D eigenvalue weighted by Gasteiger charge is -2.39. The first-order valence-corrected chi connectivity index (χ1v) is 8.63. The van der Waals surface area contributed by atoms with Crippen LogP contribution < -0.4 is 0 Å². The average Bonchev–Trinajstić information content (AvgIpc) is 2.82. The first-order chi connectivity index (χ1) is 10.7. The van der Waals surface area contributed by atoms with Crippen LogP contribution in [0.15, 0.2) is 12.4 Å². The highest BCUT2D eigenvalue weighted by molar-refractivity contribution is 5.66. The van der Waals surface area contributed by atoms with E-state index in [1.807, 2.05) is 12.4 Å². The zero-order valence-electron chi connectivity index (χ0n) is 13.0. The molecule has 4 atom stereocenters. The maximum atomic E-state index is 10.6. The van der Waals surface area contributed by atoms with Crippen molar-refractivity contribution in [1.82, 2.24) is 14.7 Å². The van der Waals surface area contributed by atoms with Gasteiger partial charge >= 0.3 is 5.97 Å². The number of hydrogen-bond donors (Lipinski definition) is 1. The van der Waals surface area contributed by atoms with Crippen molar-refractivity contribution in [2.24, 2.45) is 17.8 Å². The van der Waals surface area contributed by atoms with Gasteiger partial charge in [0.25, 0.3) is 0 Å². The molecule has 1 aromatic rings. The first kappa shape index (κ1) is 14.2. The van der Waals surface area contributed by atoms with Crippen molar-refractivity contribution in [3.05, 3.63) is 18.0 Å². The standard InChI is InChI=1S/C17H25N3O2/c21-17(22)1-2-20-11-15(8-18-20)10-19-9-14-4-12-3-13(5-14)7-16(19)6-12/h8,11-14,16H,1-7,9-10H2,(H,21,22)/t12-,13+,14?,16?. The van der Waals surface area contributed by atoms with Gasteiger partial charge in [0.2, 0.25) is 0 Å². The molecule has 3 heterocycles. The lowest BCUT2D eigenvalue weighted by atomic mass is 9.68. The molecular weight excluding hydrogens is 278 g/mol. The summed E-state index contributed by atoms with van der Waals surface area (Å²) in [5, 5.41) is 13.1. The Morgan fingerprint density at radius 1 is 1.18 bits per heavy atom. The zero-order valence-corrected chi connectivity index (χ0v) is 13.0. The molecule has 2 aliphatic carbocycles. The van der Waals surface area contributed by atoms with Gasteiger partial charge in [-0.3, -0.25) is 14.4 Å². The van der Waals surface area contributed by atoms with Gasteiger partial charge in [-0.05, 0) is 49.9 Å². The summed E-state index contributed by atoms with van der Waals surface area (Å²) >= 11 is 0. The van der Waals surface area contributed by atoms with Gasteiger partial charge in [0, 0.05) is 30.9 Å². The number of hydrogen-bond acceptors (Lipinski definition) is 3. The number of aryl methyl sites for hydroxylation is 1. The van der Waals surface area contributed by atoms with E-state index in [4.69, 9.17) is 5.11 Å². The topological polar surface area (TPSA) is 58.4 Å². The highest BCUT2D eigenvalue weighted by Crippen LogP contribution is 2.47. The Kier molecular flexibility index (Phi) is 3.68. The van der Waals surface area contributed by atoms with Crippen molar-refractivity contribution >= 4 is 5.97 Å². The van der Waals surface area contributed by atoms with Crippen molar-refractivity contribution in [3.8, 4) is 0 Å². The summed E-state index contributed by atoms with van der Waals surface area (Å²) in [6.45, 7) is 2.69. The van der Waals surface area contributed by atoms with Gasteiger partial charge in [0.15, 0.2) is 0 Å². The molecule has 22 heavy (non-hydrogen) atoms. The smallest absolute Gasteiger partial charge is 0.305 e. The van der Waals surface area contributed by atoms with Gasteiger partial charge < -0.3 is 5.11 Å². The Bertz CT molecular complexity index is 542. The molecule has 2 saturated heterocycles. The minimum atomic E-state index is -0.766. The summed E-state index contributed by atoms with van der Waals surface area (Å²) in [6.07, 6.45) is 11.2. The number of rotatable bonds is 5. The molecule has 0 amide bonds. The van der Waals surface area contributed by atoms with Crippen molar-refractivity contribution in [2.45, 2.75) is 57.7 Å². The summed E-state index contributed by atoms with van der Waals surface area (Å²) in [6, 6.07) is 0.763. The molecular formula is C17H25N3O2. The number of carbonyl (C=O) groups is 1. The molecule has 0 radical (unpaired) electrons. The molecule has 2 aliphatic heterocycles. The maximum absolute atomic E-state index is 10.6. The second kappa shape index (κ2) is 5.69. The van der Waals surface area contributed by atoms with E-state index in [1.54, 1.807) is 4.68 Å². The van der Waals surface area contributed by atoms with E-state index < -0.39 is 5.97 Å². The van der Waals surface area contributed by atoms with Crippen molar-refractivity contribution in [2.75, 3.05) is 6.54 Å².